The summed E-state index contributed by atoms with van der Waals surface area (Å²) >= 11 is 0. The molecule has 1 saturated heterocycles. The van der Waals surface area contributed by atoms with E-state index in [2.05, 4.69) is 15.3 Å². The van der Waals surface area contributed by atoms with E-state index in [1.165, 1.54) is 13.2 Å². The van der Waals surface area contributed by atoms with Crippen LogP contribution in [0.5, 0.6) is 5.88 Å². The number of carbonyl (C=O) groups excluding carboxylic acids is 1. The monoisotopic (exact) mass is 398 g/mol. The van der Waals surface area contributed by atoms with Crippen LogP contribution in [0, 0.1) is 17.6 Å². The number of halogens is 2. The zero-order valence-electron chi connectivity index (χ0n) is 15.9. The molecule has 1 fully saturated rings. The number of benzene rings is 2. The van der Waals surface area contributed by atoms with Crippen molar-refractivity contribution in [1.29, 1.82) is 0 Å². The second-order valence-corrected chi connectivity index (χ2v) is 6.92. The van der Waals surface area contributed by atoms with Crippen LogP contribution in [-0.2, 0) is 4.79 Å². The van der Waals surface area contributed by atoms with Gasteiger partial charge in [-0.2, -0.15) is 0 Å². The Hall–Kier alpha value is -3.29. The summed E-state index contributed by atoms with van der Waals surface area (Å²) in [7, 11) is 1.53. The second-order valence-electron chi connectivity index (χ2n) is 6.92. The molecule has 29 heavy (non-hydrogen) atoms. The van der Waals surface area contributed by atoms with Gasteiger partial charge in [0.25, 0.3) is 5.88 Å². The first kappa shape index (κ1) is 19.0. The van der Waals surface area contributed by atoms with Crippen LogP contribution in [0.2, 0.25) is 0 Å². The largest absolute Gasteiger partial charge is 0.478 e. The maximum atomic E-state index is 13.9. The first-order chi connectivity index (χ1) is 14.1. The number of piperidine rings is 1. The number of methoxy groups -OCH3 is 1. The summed E-state index contributed by atoms with van der Waals surface area (Å²) in [5.74, 6) is -1.53. The van der Waals surface area contributed by atoms with Gasteiger partial charge in [0.2, 0.25) is 5.91 Å². The molecule has 0 aliphatic carbocycles. The van der Waals surface area contributed by atoms with E-state index >= 15 is 0 Å². The molecule has 2 aromatic carbocycles. The molecule has 2 heterocycles. The third-order valence-electron chi connectivity index (χ3n) is 5.02. The highest BCUT2D eigenvalue weighted by Crippen LogP contribution is 2.31. The van der Waals surface area contributed by atoms with Crippen molar-refractivity contribution in [3.05, 3.63) is 54.1 Å². The average Bonchev–Trinajstić information content (AvgIpc) is 2.75. The van der Waals surface area contributed by atoms with Crippen LogP contribution in [0.4, 0.5) is 20.3 Å². The molecule has 1 aromatic heterocycles. The van der Waals surface area contributed by atoms with Gasteiger partial charge in [0.1, 0.15) is 17.3 Å². The van der Waals surface area contributed by atoms with Gasteiger partial charge >= 0.3 is 0 Å². The molecule has 1 atom stereocenters. The Balaban J connectivity index is 1.57. The van der Waals surface area contributed by atoms with Crippen LogP contribution >= 0.6 is 0 Å². The van der Waals surface area contributed by atoms with Crippen molar-refractivity contribution in [2.24, 2.45) is 5.92 Å². The lowest BCUT2D eigenvalue weighted by Gasteiger charge is -2.33. The molecular weight excluding hydrogens is 378 g/mol. The number of para-hydroxylation sites is 3. The Bertz CT molecular complexity index is 1040. The first-order valence-corrected chi connectivity index (χ1v) is 9.37. The number of hydrogen-bond acceptors (Lipinski definition) is 5. The highest BCUT2D eigenvalue weighted by Gasteiger charge is 2.29. The fourth-order valence-electron chi connectivity index (χ4n) is 3.54. The van der Waals surface area contributed by atoms with Crippen LogP contribution in [0.3, 0.4) is 0 Å². The lowest BCUT2D eigenvalue weighted by atomic mass is 9.97. The van der Waals surface area contributed by atoms with Gasteiger partial charge in [0.15, 0.2) is 5.82 Å². The smallest absolute Gasteiger partial charge is 0.257 e. The molecule has 8 heteroatoms. The minimum absolute atomic E-state index is 0.352. The number of amides is 1. The minimum Gasteiger partial charge on any atom is -0.478 e. The molecular formula is C21H20F2N4O2. The predicted molar refractivity (Wildman–Crippen MR) is 106 cm³/mol. The van der Waals surface area contributed by atoms with E-state index in [1.54, 1.807) is 0 Å². The summed E-state index contributed by atoms with van der Waals surface area (Å²) in [6.45, 7) is 1.03. The average molecular weight is 398 g/mol. The van der Waals surface area contributed by atoms with Gasteiger partial charge < -0.3 is 15.0 Å². The molecule has 1 aliphatic rings. The number of nitrogens with zero attached hydrogens (tertiary/aromatic N) is 3. The SMILES string of the molecule is COc1nc2ccccc2nc1N1CCCC(C(=O)Nc2c(F)cccc2F)C1. The van der Waals surface area contributed by atoms with Gasteiger partial charge in [-0.05, 0) is 37.1 Å². The summed E-state index contributed by atoms with van der Waals surface area (Å²) in [4.78, 5) is 23.8. The molecule has 3 aromatic rings. The van der Waals surface area contributed by atoms with Crippen LogP contribution in [0.1, 0.15) is 12.8 Å². The maximum Gasteiger partial charge on any atom is 0.257 e. The summed E-state index contributed by atoms with van der Waals surface area (Å²) in [5, 5.41) is 2.40. The topological polar surface area (TPSA) is 67.4 Å². The summed E-state index contributed by atoms with van der Waals surface area (Å²) in [6, 6.07) is 10.9. The number of fused-ring (bicyclic) bond motifs is 1. The Kier molecular flexibility index (Phi) is 5.24. The van der Waals surface area contributed by atoms with Gasteiger partial charge in [0, 0.05) is 13.1 Å². The Morgan fingerprint density at radius 1 is 1.10 bits per heavy atom. The van der Waals surface area contributed by atoms with Gasteiger partial charge in [-0.15, -0.1) is 0 Å². The Morgan fingerprint density at radius 2 is 1.79 bits per heavy atom. The van der Waals surface area contributed by atoms with Crippen LogP contribution in [-0.4, -0.2) is 36.1 Å². The highest BCUT2D eigenvalue weighted by atomic mass is 19.1. The molecule has 1 unspecified atom stereocenters. The van der Waals surface area contributed by atoms with E-state index < -0.39 is 29.1 Å². The number of carbonyl (C=O) groups is 1. The third-order valence-corrected chi connectivity index (χ3v) is 5.02. The molecule has 0 spiro atoms. The van der Waals surface area contributed by atoms with E-state index in [1.807, 2.05) is 29.2 Å². The molecule has 6 nitrogen and oxygen atoms in total. The van der Waals surface area contributed by atoms with E-state index in [0.717, 1.165) is 29.6 Å². The van der Waals surface area contributed by atoms with Crippen molar-refractivity contribution >= 4 is 28.4 Å². The van der Waals surface area contributed by atoms with Crippen molar-refractivity contribution in [1.82, 2.24) is 9.97 Å². The molecule has 150 valence electrons. The number of aromatic nitrogens is 2. The standard InChI is InChI=1S/C21H20F2N4O2/c1-29-21-19(24-16-9-2-3-10-17(16)25-21)27-11-5-6-13(12-27)20(28)26-18-14(22)7-4-8-15(18)23/h2-4,7-10,13H,5-6,11-12H2,1H3,(H,26,28). The van der Waals surface area contributed by atoms with Gasteiger partial charge in [-0.3, -0.25) is 4.79 Å². The van der Waals surface area contributed by atoms with Gasteiger partial charge in [0.05, 0.1) is 24.1 Å². The van der Waals surface area contributed by atoms with Crippen molar-refractivity contribution < 1.29 is 18.3 Å². The van der Waals surface area contributed by atoms with Gasteiger partial charge in [-0.1, -0.05) is 18.2 Å². The normalized spacial score (nSPS) is 16.7. The molecule has 0 bridgehead atoms. The molecule has 4 rings (SSSR count). The molecule has 1 aliphatic heterocycles. The van der Waals surface area contributed by atoms with Crippen LogP contribution in [0.15, 0.2) is 42.5 Å². The summed E-state index contributed by atoms with van der Waals surface area (Å²) < 4.78 is 33.1. The van der Waals surface area contributed by atoms with E-state index in [-0.39, 0.29) is 0 Å². The van der Waals surface area contributed by atoms with Crippen molar-refractivity contribution in [3.8, 4) is 5.88 Å². The third kappa shape index (κ3) is 3.83. The van der Waals surface area contributed by atoms with Crippen LogP contribution < -0.4 is 15.0 Å². The minimum atomic E-state index is -0.798. The Morgan fingerprint density at radius 3 is 2.48 bits per heavy atom. The van der Waals surface area contributed by atoms with Gasteiger partial charge in [-0.25, -0.2) is 18.7 Å². The summed E-state index contributed by atoms with van der Waals surface area (Å²) in [6.07, 6.45) is 1.34. The number of nitrogens with one attached hydrogen (secondary N) is 1. The fourth-order valence-corrected chi connectivity index (χ4v) is 3.54. The molecule has 1 amide bonds. The summed E-state index contributed by atoms with van der Waals surface area (Å²) in [5.41, 5.74) is 1.02. The first-order valence-electron chi connectivity index (χ1n) is 9.37. The lowest BCUT2D eigenvalue weighted by molar-refractivity contribution is -0.120. The Labute approximate surface area is 166 Å². The fraction of sp³-hybridized carbons (Fsp3) is 0.286. The van der Waals surface area contributed by atoms with E-state index in [0.29, 0.717) is 31.2 Å². The number of hydrogen-bond donors (Lipinski definition) is 1. The van der Waals surface area contributed by atoms with Crippen molar-refractivity contribution in [2.75, 3.05) is 30.4 Å². The van der Waals surface area contributed by atoms with E-state index in [4.69, 9.17) is 4.74 Å². The number of rotatable bonds is 4. The van der Waals surface area contributed by atoms with E-state index in [9.17, 15) is 13.6 Å². The highest BCUT2D eigenvalue weighted by molar-refractivity contribution is 5.93. The predicted octanol–water partition coefficient (Wildman–Crippen LogP) is 3.77. The zero-order valence-corrected chi connectivity index (χ0v) is 15.9. The maximum absolute atomic E-state index is 13.9. The second kappa shape index (κ2) is 7.98. The number of anilines is 2. The van der Waals surface area contributed by atoms with Crippen LogP contribution in [0.25, 0.3) is 11.0 Å². The molecule has 1 N–H and O–H groups in total. The molecule has 0 radical (unpaired) electrons. The zero-order chi connectivity index (χ0) is 20.4. The lowest BCUT2D eigenvalue weighted by Crippen LogP contribution is -2.41. The number of ether oxygens (including phenoxy) is 1. The van der Waals surface area contributed by atoms with Crippen molar-refractivity contribution in [3.63, 3.8) is 0 Å². The molecule has 0 saturated carbocycles. The quantitative estimate of drug-likeness (QED) is 0.725. The van der Waals surface area contributed by atoms with Crippen molar-refractivity contribution in [2.45, 2.75) is 12.8 Å².